The topological polar surface area (TPSA) is 106 Å². The lowest BCUT2D eigenvalue weighted by molar-refractivity contribution is -0.132. The Balaban J connectivity index is 1.56. The van der Waals surface area contributed by atoms with Crippen molar-refractivity contribution in [1.29, 1.82) is 0 Å². The standard InChI is InChI=1S/C35H36N4O5S/c1-18(2)12-14-44-24-11-10-23(17-25(24)43-7)30-27(31(40)29-22(6)38-13-8-9-20(4)33(38)36-29)32(41)34(42)39(30)35-37-28-21(5)15-19(3)16-26(28)45-35/h8-11,13,15-18,30,40H,12,14H2,1-7H3. The Labute approximate surface area is 265 Å². The van der Waals surface area contributed by atoms with Crippen molar-refractivity contribution >= 4 is 49.8 Å². The first-order valence-electron chi connectivity index (χ1n) is 14.9. The molecule has 1 atom stereocenters. The fourth-order valence-corrected chi connectivity index (χ4v) is 7.03. The number of fused-ring (bicyclic) bond motifs is 2. The first kappa shape index (κ1) is 30.3. The van der Waals surface area contributed by atoms with Gasteiger partial charge < -0.3 is 19.0 Å². The molecular formula is C35H36N4O5S. The molecule has 0 aliphatic carbocycles. The number of rotatable bonds is 8. The number of methoxy groups -OCH3 is 1. The number of aromatic nitrogens is 3. The van der Waals surface area contributed by atoms with Gasteiger partial charge in [-0.25, -0.2) is 9.97 Å². The van der Waals surface area contributed by atoms with Crippen molar-refractivity contribution in [3.63, 3.8) is 0 Å². The van der Waals surface area contributed by atoms with Gasteiger partial charge >= 0.3 is 5.91 Å². The molecule has 10 heteroatoms. The van der Waals surface area contributed by atoms with E-state index in [1.807, 2.05) is 62.6 Å². The summed E-state index contributed by atoms with van der Waals surface area (Å²) in [7, 11) is 1.55. The molecule has 232 valence electrons. The lowest BCUT2D eigenvalue weighted by Gasteiger charge is -2.24. The van der Waals surface area contributed by atoms with Crippen molar-refractivity contribution < 1.29 is 24.2 Å². The van der Waals surface area contributed by atoms with Crippen LogP contribution in [-0.2, 0) is 9.59 Å². The SMILES string of the molecule is COc1cc(C2C(=C(O)c3nc4c(C)cccn4c3C)C(=O)C(=O)N2c2nc3c(C)cc(C)cc3s2)ccc1OCCC(C)C. The van der Waals surface area contributed by atoms with Gasteiger partial charge in [0.1, 0.15) is 11.3 Å². The third kappa shape index (κ3) is 5.22. The second-order valence-electron chi connectivity index (χ2n) is 12.0. The molecule has 0 radical (unpaired) electrons. The summed E-state index contributed by atoms with van der Waals surface area (Å²) in [6.07, 6.45) is 2.73. The maximum atomic E-state index is 13.9. The number of pyridine rings is 1. The van der Waals surface area contributed by atoms with Crippen molar-refractivity contribution in [2.45, 2.75) is 54.0 Å². The number of aliphatic hydroxyl groups is 1. The molecule has 5 aromatic rings. The summed E-state index contributed by atoms with van der Waals surface area (Å²) < 4.78 is 14.5. The molecule has 45 heavy (non-hydrogen) atoms. The fourth-order valence-electron chi connectivity index (χ4n) is 5.86. The summed E-state index contributed by atoms with van der Waals surface area (Å²) in [5.41, 5.74) is 5.76. The molecule has 9 nitrogen and oxygen atoms in total. The predicted octanol–water partition coefficient (Wildman–Crippen LogP) is 7.24. The number of amides is 1. The van der Waals surface area contributed by atoms with Gasteiger partial charge in [-0.05, 0) is 86.6 Å². The highest BCUT2D eigenvalue weighted by Crippen LogP contribution is 2.46. The van der Waals surface area contributed by atoms with Crippen LogP contribution >= 0.6 is 11.3 Å². The van der Waals surface area contributed by atoms with E-state index in [1.54, 1.807) is 25.3 Å². The Kier molecular flexibility index (Phi) is 7.86. The van der Waals surface area contributed by atoms with Gasteiger partial charge in [0.15, 0.2) is 22.4 Å². The summed E-state index contributed by atoms with van der Waals surface area (Å²) >= 11 is 1.33. The molecular weight excluding hydrogens is 588 g/mol. The molecule has 2 aromatic carbocycles. The highest BCUT2D eigenvalue weighted by molar-refractivity contribution is 7.22. The molecule has 0 spiro atoms. The lowest BCUT2D eigenvalue weighted by Crippen LogP contribution is -2.29. The van der Waals surface area contributed by atoms with Crippen molar-refractivity contribution in [3.05, 3.63) is 87.9 Å². The molecule has 1 unspecified atom stereocenters. The van der Waals surface area contributed by atoms with Gasteiger partial charge in [0.05, 0.1) is 41.2 Å². The maximum Gasteiger partial charge on any atom is 0.301 e. The molecule has 0 bridgehead atoms. The van der Waals surface area contributed by atoms with Crippen LogP contribution in [0.2, 0.25) is 0 Å². The van der Waals surface area contributed by atoms with E-state index in [1.165, 1.54) is 16.2 Å². The van der Waals surface area contributed by atoms with Gasteiger partial charge in [-0.1, -0.05) is 43.4 Å². The van der Waals surface area contributed by atoms with Gasteiger partial charge in [0.25, 0.3) is 5.78 Å². The Morgan fingerprint density at radius 3 is 2.51 bits per heavy atom. The van der Waals surface area contributed by atoms with Crippen LogP contribution in [0.25, 0.3) is 21.6 Å². The molecule has 3 aromatic heterocycles. The zero-order chi connectivity index (χ0) is 32.2. The van der Waals surface area contributed by atoms with E-state index in [2.05, 4.69) is 13.8 Å². The Morgan fingerprint density at radius 2 is 1.80 bits per heavy atom. The normalized spacial score (nSPS) is 16.4. The number of benzene rings is 2. The number of aryl methyl sites for hydroxylation is 4. The molecule has 1 fully saturated rings. The number of ketones is 1. The summed E-state index contributed by atoms with van der Waals surface area (Å²) in [5, 5.41) is 12.2. The van der Waals surface area contributed by atoms with E-state index in [9.17, 15) is 14.7 Å². The maximum absolute atomic E-state index is 13.9. The highest BCUT2D eigenvalue weighted by atomic mass is 32.1. The second-order valence-corrected chi connectivity index (χ2v) is 13.0. The van der Waals surface area contributed by atoms with Crippen LogP contribution in [0.15, 0.2) is 54.2 Å². The zero-order valence-electron chi connectivity index (χ0n) is 26.5. The van der Waals surface area contributed by atoms with Crippen LogP contribution < -0.4 is 14.4 Å². The lowest BCUT2D eigenvalue weighted by atomic mass is 9.96. The van der Waals surface area contributed by atoms with Crippen LogP contribution in [0.4, 0.5) is 5.13 Å². The number of aliphatic hydroxyl groups excluding tert-OH is 1. The Morgan fingerprint density at radius 1 is 1.02 bits per heavy atom. The van der Waals surface area contributed by atoms with E-state index in [4.69, 9.17) is 19.4 Å². The number of nitrogens with zero attached hydrogens (tertiary/aromatic N) is 4. The third-order valence-corrected chi connectivity index (χ3v) is 9.24. The number of thiazole rings is 1. The van der Waals surface area contributed by atoms with E-state index < -0.39 is 17.7 Å². The Bertz CT molecular complexity index is 2020. The molecule has 6 rings (SSSR count). The van der Waals surface area contributed by atoms with Gasteiger partial charge in [0.2, 0.25) is 0 Å². The zero-order valence-corrected chi connectivity index (χ0v) is 27.3. The Hall–Kier alpha value is -4.70. The molecule has 1 saturated heterocycles. The van der Waals surface area contributed by atoms with Crippen LogP contribution in [0.5, 0.6) is 11.5 Å². The average molecular weight is 625 g/mol. The van der Waals surface area contributed by atoms with Crippen molar-refractivity contribution in [2.75, 3.05) is 18.6 Å². The molecule has 1 aliphatic heterocycles. The number of carbonyl (C=O) groups excluding carboxylic acids is 2. The fraction of sp³-hybridized carbons (Fsp3) is 0.314. The highest BCUT2D eigenvalue weighted by Gasteiger charge is 2.49. The molecule has 4 heterocycles. The van der Waals surface area contributed by atoms with Crippen molar-refractivity contribution in [3.8, 4) is 11.5 Å². The largest absolute Gasteiger partial charge is 0.505 e. The first-order chi connectivity index (χ1) is 21.5. The van der Waals surface area contributed by atoms with Gasteiger partial charge in [-0.2, -0.15) is 0 Å². The minimum Gasteiger partial charge on any atom is -0.505 e. The van der Waals surface area contributed by atoms with E-state index >= 15 is 0 Å². The van der Waals surface area contributed by atoms with Crippen molar-refractivity contribution in [1.82, 2.24) is 14.4 Å². The number of anilines is 1. The third-order valence-electron chi connectivity index (χ3n) is 8.23. The predicted molar refractivity (Wildman–Crippen MR) is 176 cm³/mol. The number of hydrogen-bond donors (Lipinski definition) is 1. The quantitative estimate of drug-likeness (QED) is 0.110. The molecule has 1 aliphatic rings. The van der Waals surface area contributed by atoms with Crippen LogP contribution in [-0.4, -0.2) is 44.9 Å². The summed E-state index contributed by atoms with van der Waals surface area (Å²) in [6, 6.07) is 12.2. The van der Waals surface area contributed by atoms with Crippen LogP contribution in [0, 0.1) is 33.6 Å². The van der Waals surface area contributed by atoms with Gasteiger partial charge in [-0.15, -0.1) is 0 Å². The summed E-state index contributed by atoms with van der Waals surface area (Å²) in [6.45, 7) is 12.5. The van der Waals surface area contributed by atoms with E-state index in [-0.39, 0.29) is 17.0 Å². The number of hydrogen-bond acceptors (Lipinski definition) is 8. The number of carbonyl (C=O) groups is 2. The average Bonchev–Trinajstić information content (AvgIpc) is 3.65. The van der Waals surface area contributed by atoms with E-state index in [0.29, 0.717) is 46.1 Å². The number of ether oxygens (including phenoxy) is 2. The number of Topliss-reactive ketones (excluding diaryl/α,β-unsaturated/α-hetero) is 1. The van der Waals surface area contributed by atoms with Crippen LogP contribution in [0.1, 0.15) is 60.0 Å². The molecule has 1 N–H and O–H groups in total. The number of imidazole rings is 1. The first-order valence-corrected chi connectivity index (χ1v) is 15.8. The van der Waals surface area contributed by atoms with Gasteiger partial charge in [0, 0.05) is 6.20 Å². The minimum atomic E-state index is -0.990. The summed E-state index contributed by atoms with van der Waals surface area (Å²) in [4.78, 5) is 38.8. The van der Waals surface area contributed by atoms with Crippen LogP contribution in [0.3, 0.4) is 0 Å². The molecule has 1 amide bonds. The van der Waals surface area contributed by atoms with E-state index in [0.717, 1.165) is 33.3 Å². The summed E-state index contributed by atoms with van der Waals surface area (Å²) in [5.74, 6) is -0.444. The second kappa shape index (κ2) is 11.7. The smallest absolute Gasteiger partial charge is 0.301 e. The monoisotopic (exact) mass is 624 g/mol. The minimum absolute atomic E-state index is 0.0631. The van der Waals surface area contributed by atoms with Crippen molar-refractivity contribution in [2.24, 2.45) is 5.92 Å². The van der Waals surface area contributed by atoms with Gasteiger partial charge in [-0.3, -0.25) is 14.5 Å². The molecule has 0 saturated carbocycles.